The fourth-order valence-corrected chi connectivity index (χ4v) is 3.82. The molecule has 1 aromatic rings. The highest BCUT2D eigenvalue weighted by atomic mass is 15.3. The fourth-order valence-electron chi connectivity index (χ4n) is 3.82. The average Bonchev–Trinajstić information content (AvgIpc) is 2.78. The Morgan fingerprint density at radius 3 is 2.48 bits per heavy atom. The third-order valence-electron chi connectivity index (χ3n) is 5.82. The summed E-state index contributed by atoms with van der Waals surface area (Å²) in [6.07, 6.45) is 7.08. The van der Waals surface area contributed by atoms with E-state index in [4.69, 9.17) is 5.73 Å². The van der Waals surface area contributed by atoms with Crippen LogP contribution in [-0.4, -0.2) is 15.3 Å². The lowest BCUT2D eigenvalue weighted by Gasteiger charge is -2.43. The van der Waals surface area contributed by atoms with E-state index in [0.717, 1.165) is 37.4 Å². The summed E-state index contributed by atoms with van der Waals surface area (Å²) in [5.41, 5.74) is 9.58. The van der Waals surface area contributed by atoms with Crippen molar-refractivity contribution in [1.82, 2.24) is 9.78 Å². The van der Waals surface area contributed by atoms with Crippen molar-refractivity contribution >= 4 is 0 Å². The quantitative estimate of drug-likeness (QED) is 0.888. The van der Waals surface area contributed by atoms with Gasteiger partial charge in [0.25, 0.3) is 0 Å². The highest BCUT2D eigenvalue weighted by Crippen LogP contribution is 2.43. The fraction of sp³-hybridized carbons (Fsp3) is 0.833. The van der Waals surface area contributed by atoms with Gasteiger partial charge in [-0.25, -0.2) is 0 Å². The number of aryl methyl sites for hydroxylation is 2. The van der Waals surface area contributed by atoms with Crippen molar-refractivity contribution in [3.63, 3.8) is 0 Å². The molecule has 2 rings (SSSR count). The summed E-state index contributed by atoms with van der Waals surface area (Å²) in [7, 11) is 0. The number of nitrogens with two attached hydrogens (primary N) is 1. The molecule has 3 nitrogen and oxygen atoms in total. The van der Waals surface area contributed by atoms with Crippen molar-refractivity contribution in [2.75, 3.05) is 0 Å². The van der Waals surface area contributed by atoms with Crippen LogP contribution in [0.15, 0.2) is 6.07 Å². The van der Waals surface area contributed by atoms with E-state index in [1.807, 2.05) is 0 Å². The predicted octanol–water partition coefficient (Wildman–Crippen LogP) is 4.08. The molecule has 0 unspecified atom stereocenters. The molecule has 1 aromatic heterocycles. The molecule has 1 heterocycles. The van der Waals surface area contributed by atoms with Crippen LogP contribution in [0.4, 0.5) is 0 Å². The van der Waals surface area contributed by atoms with Crippen LogP contribution in [0.3, 0.4) is 0 Å². The van der Waals surface area contributed by atoms with E-state index in [1.165, 1.54) is 25.0 Å². The molecule has 0 radical (unpaired) electrons. The smallest absolute Gasteiger partial charge is 0.0596 e. The molecule has 0 amide bonds. The Morgan fingerprint density at radius 2 is 1.95 bits per heavy atom. The highest BCUT2D eigenvalue weighted by Gasteiger charge is 2.37. The number of aromatic nitrogens is 2. The van der Waals surface area contributed by atoms with Crippen LogP contribution in [0.5, 0.6) is 0 Å². The second-order valence-electron chi connectivity index (χ2n) is 7.75. The Hall–Kier alpha value is -0.830. The van der Waals surface area contributed by atoms with Crippen LogP contribution >= 0.6 is 0 Å². The first kappa shape index (κ1) is 16.5. The Balaban J connectivity index is 2.02. The second kappa shape index (κ2) is 6.12. The molecule has 0 atom stereocenters. The van der Waals surface area contributed by atoms with Gasteiger partial charge in [-0.15, -0.1) is 0 Å². The number of rotatable bonds is 5. The van der Waals surface area contributed by atoms with Gasteiger partial charge in [0.05, 0.1) is 5.69 Å². The van der Waals surface area contributed by atoms with E-state index in [9.17, 15) is 0 Å². The van der Waals surface area contributed by atoms with Crippen molar-refractivity contribution < 1.29 is 0 Å². The molecular weight excluding hydrogens is 258 g/mol. The zero-order chi connectivity index (χ0) is 15.7. The topological polar surface area (TPSA) is 43.8 Å². The SMILES string of the molecule is CCn1nc(C)cc1CC1(N)CCC(C(C)(C)CC)CC1. The first-order valence-corrected chi connectivity index (χ1v) is 8.62. The number of nitrogens with zero attached hydrogens (tertiary/aromatic N) is 2. The maximum absolute atomic E-state index is 6.73. The summed E-state index contributed by atoms with van der Waals surface area (Å²) in [6.45, 7) is 12.3. The van der Waals surface area contributed by atoms with E-state index < -0.39 is 0 Å². The van der Waals surface area contributed by atoms with Gasteiger partial charge >= 0.3 is 0 Å². The zero-order valence-electron chi connectivity index (χ0n) is 14.6. The Labute approximate surface area is 130 Å². The van der Waals surface area contributed by atoms with Crippen LogP contribution in [0.2, 0.25) is 0 Å². The van der Waals surface area contributed by atoms with E-state index in [-0.39, 0.29) is 5.54 Å². The molecule has 21 heavy (non-hydrogen) atoms. The van der Waals surface area contributed by atoms with Gasteiger partial charge in [0.2, 0.25) is 0 Å². The molecule has 0 bridgehead atoms. The van der Waals surface area contributed by atoms with Gasteiger partial charge in [0.1, 0.15) is 0 Å². The third kappa shape index (κ3) is 3.68. The summed E-state index contributed by atoms with van der Waals surface area (Å²) in [5, 5.41) is 4.55. The molecule has 3 heteroatoms. The largest absolute Gasteiger partial charge is 0.325 e. The van der Waals surface area contributed by atoms with Crippen molar-refractivity contribution in [3.05, 3.63) is 17.5 Å². The first-order chi connectivity index (χ1) is 9.79. The monoisotopic (exact) mass is 291 g/mol. The molecule has 0 aliphatic heterocycles. The molecular formula is C18H33N3. The molecule has 1 aliphatic carbocycles. The van der Waals surface area contributed by atoms with Gasteiger partial charge in [0.15, 0.2) is 0 Å². The lowest BCUT2D eigenvalue weighted by Crippen LogP contribution is -2.47. The summed E-state index contributed by atoms with van der Waals surface area (Å²) in [6, 6.07) is 2.21. The Kier molecular flexibility index (Phi) is 4.82. The lowest BCUT2D eigenvalue weighted by atomic mass is 9.65. The van der Waals surface area contributed by atoms with Gasteiger partial charge in [-0.1, -0.05) is 27.2 Å². The van der Waals surface area contributed by atoms with Gasteiger partial charge in [0, 0.05) is 24.2 Å². The molecule has 0 spiro atoms. The van der Waals surface area contributed by atoms with Crippen LogP contribution in [0.1, 0.15) is 71.2 Å². The summed E-state index contributed by atoms with van der Waals surface area (Å²) >= 11 is 0. The second-order valence-corrected chi connectivity index (χ2v) is 7.75. The van der Waals surface area contributed by atoms with E-state index in [1.54, 1.807) is 0 Å². The maximum atomic E-state index is 6.73. The lowest BCUT2D eigenvalue weighted by molar-refractivity contribution is 0.114. The molecule has 120 valence electrons. The van der Waals surface area contributed by atoms with Gasteiger partial charge in [-0.05, 0) is 56.9 Å². The van der Waals surface area contributed by atoms with Crippen LogP contribution < -0.4 is 5.73 Å². The van der Waals surface area contributed by atoms with Crippen molar-refractivity contribution in [2.24, 2.45) is 17.1 Å². The Bertz CT molecular complexity index is 465. The zero-order valence-corrected chi connectivity index (χ0v) is 14.6. The van der Waals surface area contributed by atoms with E-state index >= 15 is 0 Å². The summed E-state index contributed by atoms with van der Waals surface area (Å²) in [5.74, 6) is 0.831. The minimum atomic E-state index is -0.0281. The van der Waals surface area contributed by atoms with Crippen molar-refractivity contribution in [1.29, 1.82) is 0 Å². The molecule has 0 aromatic carbocycles. The predicted molar refractivity (Wildman–Crippen MR) is 89.3 cm³/mol. The van der Waals surface area contributed by atoms with Gasteiger partial charge in [-0.3, -0.25) is 4.68 Å². The standard InChI is InChI=1S/C18H33N3/c1-6-17(4,5)15-8-10-18(19,11-9-15)13-16-12-14(3)20-21(16)7-2/h12,15H,6-11,13,19H2,1-5H3. The van der Waals surface area contributed by atoms with E-state index in [0.29, 0.717) is 5.41 Å². The van der Waals surface area contributed by atoms with Gasteiger partial charge in [-0.2, -0.15) is 5.10 Å². The summed E-state index contributed by atoms with van der Waals surface area (Å²) in [4.78, 5) is 0. The van der Waals surface area contributed by atoms with Crippen LogP contribution in [-0.2, 0) is 13.0 Å². The molecule has 0 saturated heterocycles. The van der Waals surface area contributed by atoms with Crippen molar-refractivity contribution in [2.45, 2.75) is 85.2 Å². The van der Waals surface area contributed by atoms with Crippen molar-refractivity contribution in [3.8, 4) is 0 Å². The molecule has 1 aliphatic rings. The maximum Gasteiger partial charge on any atom is 0.0596 e. The summed E-state index contributed by atoms with van der Waals surface area (Å²) < 4.78 is 2.12. The minimum absolute atomic E-state index is 0.0281. The molecule has 2 N–H and O–H groups in total. The van der Waals surface area contributed by atoms with E-state index in [2.05, 4.69) is 50.5 Å². The first-order valence-electron chi connectivity index (χ1n) is 8.62. The average molecular weight is 291 g/mol. The Morgan fingerprint density at radius 1 is 1.33 bits per heavy atom. The van der Waals surface area contributed by atoms with Crippen LogP contribution in [0.25, 0.3) is 0 Å². The molecule has 1 fully saturated rings. The highest BCUT2D eigenvalue weighted by molar-refractivity contribution is 5.13. The third-order valence-corrected chi connectivity index (χ3v) is 5.82. The number of hydrogen-bond acceptors (Lipinski definition) is 2. The van der Waals surface area contributed by atoms with Crippen LogP contribution in [0, 0.1) is 18.3 Å². The van der Waals surface area contributed by atoms with Gasteiger partial charge < -0.3 is 5.73 Å². The minimum Gasteiger partial charge on any atom is -0.325 e. The molecule has 1 saturated carbocycles. The number of hydrogen-bond donors (Lipinski definition) is 1. The normalized spacial score (nSPS) is 27.0.